The number of hydrogen-bond donors (Lipinski definition) is 2. The molecule has 1 aromatic carbocycles. The highest BCUT2D eigenvalue weighted by molar-refractivity contribution is 7.80. The molecule has 5 heteroatoms. The number of nitrogens with one attached hydrogen (secondary N) is 2. The van der Waals surface area contributed by atoms with Crippen LogP contribution in [0, 0.1) is 29.0 Å². The third-order valence-corrected chi connectivity index (χ3v) is 6.89. The van der Waals surface area contributed by atoms with E-state index in [0.29, 0.717) is 10.5 Å². The van der Waals surface area contributed by atoms with Gasteiger partial charge in [0.15, 0.2) is 5.11 Å². The maximum absolute atomic E-state index is 13.3. The fourth-order valence-electron chi connectivity index (χ4n) is 5.90. The first-order valence-electron chi connectivity index (χ1n) is 9.31. The van der Waals surface area contributed by atoms with Gasteiger partial charge >= 0.3 is 0 Å². The number of thiocarbonyl (C=S) groups is 1. The van der Waals surface area contributed by atoms with Gasteiger partial charge in [0.25, 0.3) is 5.91 Å². The highest BCUT2D eigenvalue weighted by atomic mass is 32.1. The third kappa shape index (κ3) is 3.31. The lowest BCUT2D eigenvalue weighted by Crippen LogP contribution is -2.57. The van der Waals surface area contributed by atoms with Gasteiger partial charge < -0.3 is 5.32 Å². The second-order valence-corrected chi connectivity index (χ2v) is 8.85. The van der Waals surface area contributed by atoms with Crippen LogP contribution in [0.4, 0.5) is 4.39 Å². The zero-order chi connectivity index (χ0) is 17.6. The predicted octanol–water partition coefficient (Wildman–Crippen LogP) is 4.03. The van der Waals surface area contributed by atoms with E-state index < -0.39 is 5.82 Å². The quantitative estimate of drug-likeness (QED) is 0.800. The Balaban J connectivity index is 1.38. The molecule has 4 aliphatic rings. The van der Waals surface area contributed by atoms with E-state index >= 15 is 0 Å². The summed E-state index contributed by atoms with van der Waals surface area (Å²) < 4.78 is 13.3. The molecule has 0 aliphatic heterocycles. The van der Waals surface area contributed by atoms with E-state index in [1.165, 1.54) is 56.7 Å². The predicted molar refractivity (Wildman–Crippen MR) is 99.7 cm³/mol. The standard InChI is InChI=1S/C20H25FN2OS/c1-12(20-9-13-5-14(10-20)7-15(6-13)11-20)22-19(25)23-18(24)16-3-2-4-17(21)8-16/h2-4,8,12-15H,5-7,9-11H2,1H3,(H2,22,23,24,25)/t12-,13?,14?,15?,20?/m1/s1. The van der Waals surface area contributed by atoms with E-state index in [1.807, 2.05) is 0 Å². The van der Waals surface area contributed by atoms with Crippen LogP contribution in [0.25, 0.3) is 0 Å². The fourth-order valence-corrected chi connectivity index (χ4v) is 6.17. The van der Waals surface area contributed by atoms with Crippen LogP contribution in [-0.2, 0) is 0 Å². The zero-order valence-corrected chi connectivity index (χ0v) is 15.4. The van der Waals surface area contributed by atoms with Gasteiger partial charge in [-0.1, -0.05) is 6.07 Å². The Kier molecular flexibility index (Phi) is 4.30. The Hall–Kier alpha value is -1.49. The van der Waals surface area contributed by atoms with Crippen molar-refractivity contribution in [1.29, 1.82) is 0 Å². The number of halogens is 1. The van der Waals surface area contributed by atoms with Crippen molar-refractivity contribution >= 4 is 23.2 Å². The topological polar surface area (TPSA) is 41.1 Å². The lowest BCUT2D eigenvalue weighted by atomic mass is 9.48. The summed E-state index contributed by atoms with van der Waals surface area (Å²) in [6.45, 7) is 2.20. The van der Waals surface area contributed by atoms with E-state index in [0.717, 1.165) is 17.8 Å². The SMILES string of the molecule is C[C@@H](NC(=S)NC(=O)c1cccc(F)c1)C12CC3CC(CC(C3)C1)C2. The maximum Gasteiger partial charge on any atom is 0.257 e. The fraction of sp³-hybridized carbons (Fsp3) is 0.600. The molecule has 0 spiro atoms. The average Bonchev–Trinajstić information content (AvgIpc) is 2.53. The number of carbonyl (C=O) groups is 1. The molecule has 25 heavy (non-hydrogen) atoms. The minimum atomic E-state index is -0.423. The van der Waals surface area contributed by atoms with Crippen LogP contribution in [0.1, 0.15) is 55.8 Å². The Morgan fingerprint density at radius 1 is 1.20 bits per heavy atom. The summed E-state index contributed by atoms with van der Waals surface area (Å²) in [6.07, 6.45) is 8.08. The summed E-state index contributed by atoms with van der Waals surface area (Å²) in [5.41, 5.74) is 0.606. The molecule has 1 aromatic rings. The van der Waals surface area contributed by atoms with Gasteiger partial charge in [0.05, 0.1) is 0 Å². The molecule has 0 aromatic heterocycles. The van der Waals surface area contributed by atoms with E-state index in [-0.39, 0.29) is 17.5 Å². The van der Waals surface area contributed by atoms with Gasteiger partial charge in [-0.15, -0.1) is 0 Å². The van der Waals surface area contributed by atoms with E-state index in [2.05, 4.69) is 17.6 Å². The monoisotopic (exact) mass is 360 g/mol. The molecule has 134 valence electrons. The molecule has 5 rings (SSSR count). The molecule has 3 nitrogen and oxygen atoms in total. The van der Waals surface area contributed by atoms with Gasteiger partial charge in [-0.25, -0.2) is 4.39 Å². The van der Waals surface area contributed by atoms with Gasteiger partial charge in [-0.3, -0.25) is 10.1 Å². The van der Waals surface area contributed by atoms with Crippen LogP contribution in [0.3, 0.4) is 0 Å². The summed E-state index contributed by atoms with van der Waals surface area (Å²) in [5.74, 6) is 1.85. The number of carbonyl (C=O) groups excluding carboxylic acids is 1. The normalized spacial score (nSPS) is 33.8. The van der Waals surface area contributed by atoms with Crippen molar-refractivity contribution in [2.45, 2.75) is 51.5 Å². The van der Waals surface area contributed by atoms with Crippen molar-refractivity contribution in [3.8, 4) is 0 Å². The minimum Gasteiger partial charge on any atom is -0.359 e. The van der Waals surface area contributed by atoms with Crippen molar-refractivity contribution in [2.75, 3.05) is 0 Å². The Labute approximate surface area is 153 Å². The van der Waals surface area contributed by atoms with Gasteiger partial charge in [-0.05, 0) is 99.0 Å². The molecule has 0 radical (unpaired) electrons. The van der Waals surface area contributed by atoms with Crippen molar-refractivity contribution in [3.05, 3.63) is 35.6 Å². The van der Waals surface area contributed by atoms with E-state index in [9.17, 15) is 9.18 Å². The lowest BCUT2D eigenvalue weighted by molar-refractivity contribution is -0.0672. The average molecular weight is 360 g/mol. The molecule has 4 saturated carbocycles. The molecule has 0 saturated heterocycles. The summed E-state index contributed by atoms with van der Waals surface area (Å²) in [5, 5.41) is 6.40. The Bertz CT molecular complexity index is 669. The zero-order valence-electron chi connectivity index (χ0n) is 14.6. The van der Waals surface area contributed by atoms with Crippen LogP contribution < -0.4 is 10.6 Å². The number of rotatable bonds is 3. The number of hydrogen-bond acceptors (Lipinski definition) is 2. The molecule has 4 bridgehead atoms. The third-order valence-electron chi connectivity index (χ3n) is 6.67. The van der Waals surface area contributed by atoms with Crippen molar-refractivity contribution in [3.63, 3.8) is 0 Å². The maximum atomic E-state index is 13.3. The van der Waals surface area contributed by atoms with Crippen molar-refractivity contribution in [2.24, 2.45) is 23.2 Å². The second-order valence-electron chi connectivity index (χ2n) is 8.44. The van der Waals surface area contributed by atoms with Crippen LogP contribution in [-0.4, -0.2) is 17.1 Å². The molecule has 1 atom stereocenters. The van der Waals surface area contributed by atoms with Crippen LogP contribution >= 0.6 is 12.2 Å². The number of benzene rings is 1. The lowest BCUT2D eigenvalue weighted by Gasteiger charge is -2.59. The smallest absolute Gasteiger partial charge is 0.257 e. The summed E-state index contributed by atoms with van der Waals surface area (Å²) in [7, 11) is 0. The Morgan fingerprint density at radius 3 is 2.36 bits per heavy atom. The molecule has 2 N–H and O–H groups in total. The van der Waals surface area contributed by atoms with Crippen LogP contribution in [0.5, 0.6) is 0 Å². The molecule has 1 amide bonds. The summed E-state index contributed by atoms with van der Waals surface area (Å²) >= 11 is 5.36. The Morgan fingerprint density at radius 2 is 1.80 bits per heavy atom. The van der Waals surface area contributed by atoms with E-state index in [1.54, 1.807) is 6.07 Å². The molecule has 4 fully saturated rings. The number of amides is 1. The first-order chi connectivity index (χ1) is 11.9. The minimum absolute atomic E-state index is 0.251. The van der Waals surface area contributed by atoms with Gasteiger partial charge in [0.2, 0.25) is 0 Å². The molecule has 0 unspecified atom stereocenters. The largest absolute Gasteiger partial charge is 0.359 e. The summed E-state index contributed by atoms with van der Waals surface area (Å²) in [6, 6.07) is 5.91. The van der Waals surface area contributed by atoms with Crippen LogP contribution in [0.15, 0.2) is 24.3 Å². The molecule has 4 aliphatic carbocycles. The van der Waals surface area contributed by atoms with Crippen molar-refractivity contribution < 1.29 is 9.18 Å². The van der Waals surface area contributed by atoms with Gasteiger partial charge in [-0.2, -0.15) is 0 Å². The van der Waals surface area contributed by atoms with E-state index in [4.69, 9.17) is 12.2 Å². The first-order valence-corrected chi connectivity index (χ1v) is 9.72. The highest BCUT2D eigenvalue weighted by Gasteiger charge is 2.53. The molecular weight excluding hydrogens is 335 g/mol. The summed E-state index contributed by atoms with van der Waals surface area (Å²) in [4.78, 5) is 12.2. The van der Waals surface area contributed by atoms with Crippen molar-refractivity contribution in [1.82, 2.24) is 10.6 Å². The second kappa shape index (κ2) is 6.35. The first kappa shape index (κ1) is 17.0. The molecule has 0 heterocycles. The highest BCUT2D eigenvalue weighted by Crippen LogP contribution is 2.61. The molecular formula is C20H25FN2OS. The van der Waals surface area contributed by atoms with Gasteiger partial charge in [0.1, 0.15) is 5.82 Å². The van der Waals surface area contributed by atoms with Gasteiger partial charge in [0, 0.05) is 11.6 Å². The van der Waals surface area contributed by atoms with Crippen LogP contribution in [0.2, 0.25) is 0 Å².